The molecule has 2 aromatic carbocycles. The van der Waals surface area contributed by atoms with E-state index in [0.717, 1.165) is 17.6 Å². The lowest BCUT2D eigenvalue weighted by atomic mass is 10.1. The number of aromatic hydroxyl groups is 1. The highest BCUT2D eigenvalue weighted by molar-refractivity contribution is 6.01. The van der Waals surface area contributed by atoms with Gasteiger partial charge in [0.05, 0.1) is 16.7 Å². The summed E-state index contributed by atoms with van der Waals surface area (Å²) in [6, 6.07) is 15.1. The zero-order chi connectivity index (χ0) is 15.5. The third kappa shape index (κ3) is 2.53. The molecule has 22 heavy (non-hydrogen) atoms. The summed E-state index contributed by atoms with van der Waals surface area (Å²) in [6.45, 7) is 4.72. The normalized spacial score (nSPS) is 11.8. The maximum absolute atomic E-state index is 9.86. The summed E-state index contributed by atoms with van der Waals surface area (Å²) in [4.78, 5) is 4.55. The third-order valence-corrected chi connectivity index (χ3v) is 3.59. The van der Waals surface area contributed by atoms with Crippen LogP contribution in [0.3, 0.4) is 0 Å². The highest BCUT2D eigenvalue weighted by atomic mass is 16.3. The number of anilines is 1. The van der Waals surface area contributed by atoms with Crippen molar-refractivity contribution < 1.29 is 5.11 Å². The minimum Gasteiger partial charge on any atom is -0.507 e. The van der Waals surface area contributed by atoms with Gasteiger partial charge in [0.2, 0.25) is 5.95 Å². The largest absolute Gasteiger partial charge is 0.507 e. The van der Waals surface area contributed by atoms with Gasteiger partial charge in [0.15, 0.2) is 0 Å². The number of phenolic OH excluding ortho intramolecular Hbond substituents is 1. The van der Waals surface area contributed by atoms with Crippen LogP contribution in [0.1, 0.15) is 19.4 Å². The van der Waals surface area contributed by atoms with E-state index >= 15 is 0 Å². The summed E-state index contributed by atoms with van der Waals surface area (Å²) >= 11 is 0. The van der Waals surface area contributed by atoms with Crippen LogP contribution in [-0.4, -0.2) is 20.4 Å². The molecule has 0 aliphatic carbocycles. The SMILES string of the molecule is CCn1c(N/N=C(\C)c2ccccc2O)nc2ccccc21. The van der Waals surface area contributed by atoms with E-state index in [1.807, 2.05) is 43.3 Å². The third-order valence-electron chi connectivity index (χ3n) is 3.59. The predicted molar refractivity (Wildman–Crippen MR) is 89.3 cm³/mol. The van der Waals surface area contributed by atoms with Crippen molar-refractivity contribution in [1.29, 1.82) is 0 Å². The van der Waals surface area contributed by atoms with Crippen LogP contribution in [0.25, 0.3) is 11.0 Å². The van der Waals surface area contributed by atoms with E-state index < -0.39 is 0 Å². The topological polar surface area (TPSA) is 62.4 Å². The molecule has 0 spiro atoms. The lowest BCUT2D eigenvalue weighted by Gasteiger charge is -2.07. The second kappa shape index (κ2) is 5.89. The van der Waals surface area contributed by atoms with Crippen LogP contribution in [0.2, 0.25) is 0 Å². The number of nitrogens with zero attached hydrogens (tertiary/aromatic N) is 3. The van der Waals surface area contributed by atoms with E-state index in [2.05, 4.69) is 27.0 Å². The lowest BCUT2D eigenvalue weighted by Crippen LogP contribution is -2.05. The van der Waals surface area contributed by atoms with Crippen molar-refractivity contribution in [2.24, 2.45) is 5.10 Å². The number of hydrogen-bond acceptors (Lipinski definition) is 4. The van der Waals surface area contributed by atoms with Gasteiger partial charge in [0, 0.05) is 12.1 Å². The maximum Gasteiger partial charge on any atom is 0.224 e. The van der Waals surface area contributed by atoms with Crippen LogP contribution in [-0.2, 0) is 6.54 Å². The fraction of sp³-hybridized carbons (Fsp3) is 0.176. The van der Waals surface area contributed by atoms with Gasteiger partial charge >= 0.3 is 0 Å². The molecular weight excluding hydrogens is 276 g/mol. The predicted octanol–water partition coefficient (Wildman–Crippen LogP) is 3.60. The van der Waals surface area contributed by atoms with Gasteiger partial charge in [-0.05, 0) is 38.1 Å². The van der Waals surface area contributed by atoms with Crippen molar-refractivity contribution in [3.63, 3.8) is 0 Å². The molecule has 0 atom stereocenters. The minimum absolute atomic E-state index is 0.217. The van der Waals surface area contributed by atoms with Gasteiger partial charge in [-0.1, -0.05) is 24.3 Å². The van der Waals surface area contributed by atoms with Gasteiger partial charge in [-0.2, -0.15) is 5.10 Å². The summed E-state index contributed by atoms with van der Waals surface area (Å²) in [5.74, 6) is 0.910. The summed E-state index contributed by atoms with van der Waals surface area (Å²) < 4.78 is 2.07. The number of aromatic nitrogens is 2. The maximum atomic E-state index is 9.86. The van der Waals surface area contributed by atoms with Crippen molar-refractivity contribution in [1.82, 2.24) is 9.55 Å². The zero-order valence-electron chi connectivity index (χ0n) is 12.6. The van der Waals surface area contributed by atoms with E-state index in [4.69, 9.17) is 0 Å². The van der Waals surface area contributed by atoms with Crippen LogP contribution in [0.5, 0.6) is 5.75 Å². The number of benzene rings is 2. The van der Waals surface area contributed by atoms with Gasteiger partial charge in [0.1, 0.15) is 5.75 Å². The number of para-hydroxylation sites is 3. The lowest BCUT2D eigenvalue weighted by molar-refractivity contribution is 0.474. The Hall–Kier alpha value is -2.82. The molecule has 0 saturated carbocycles. The average molecular weight is 294 g/mol. The molecule has 1 heterocycles. The first-order valence-electron chi connectivity index (χ1n) is 7.24. The molecule has 0 aliphatic heterocycles. The summed E-state index contributed by atoms with van der Waals surface area (Å²) in [5.41, 5.74) is 6.42. The molecule has 0 unspecified atom stereocenters. The van der Waals surface area contributed by atoms with E-state index in [1.54, 1.807) is 12.1 Å². The molecule has 3 aromatic rings. The summed E-state index contributed by atoms with van der Waals surface area (Å²) in [7, 11) is 0. The molecule has 0 radical (unpaired) electrons. The smallest absolute Gasteiger partial charge is 0.224 e. The fourth-order valence-electron chi connectivity index (χ4n) is 2.45. The van der Waals surface area contributed by atoms with Crippen molar-refractivity contribution >= 4 is 22.7 Å². The Balaban J connectivity index is 1.93. The van der Waals surface area contributed by atoms with Crippen molar-refractivity contribution in [2.45, 2.75) is 20.4 Å². The van der Waals surface area contributed by atoms with Gasteiger partial charge in [-0.15, -0.1) is 0 Å². The first-order valence-corrected chi connectivity index (χ1v) is 7.24. The number of nitrogens with one attached hydrogen (secondary N) is 1. The quantitative estimate of drug-likeness (QED) is 0.571. The molecule has 5 nitrogen and oxygen atoms in total. The van der Waals surface area contributed by atoms with E-state index in [1.165, 1.54) is 0 Å². The van der Waals surface area contributed by atoms with Gasteiger partial charge < -0.3 is 9.67 Å². The van der Waals surface area contributed by atoms with Gasteiger partial charge in [0.25, 0.3) is 0 Å². The first-order chi connectivity index (χ1) is 10.7. The van der Waals surface area contributed by atoms with Crippen molar-refractivity contribution in [2.75, 3.05) is 5.43 Å². The number of fused-ring (bicyclic) bond motifs is 1. The number of imidazole rings is 1. The van der Waals surface area contributed by atoms with Crippen LogP contribution in [0.15, 0.2) is 53.6 Å². The molecule has 3 rings (SSSR count). The molecular formula is C17H18N4O. The monoisotopic (exact) mass is 294 g/mol. The first kappa shape index (κ1) is 14.1. The number of hydrogen-bond donors (Lipinski definition) is 2. The van der Waals surface area contributed by atoms with Crippen LogP contribution in [0.4, 0.5) is 5.95 Å². The molecule has 1 aromatic heterocycles. The molecule has 0 bridgehead atoms. The molecule has 2 N–H and O–H groups in total. The second-order valence-electron chi connectivity index (χ2n) is 4.99. The highest BCUT2D eigenvalue weighted by Gasteiger charge is 2.09. The molecule has 0 amide bonds. The Morgan fingerprint density at radius 3 is 2.68 bits per heavy atom. The number of phenols is 1. The molecule has 5 heteroatoms. The van der Waals surface area contributed by atoms with Crippen molar-refractivity contribution in [3.05, 3.63) is 54.1 Å². The second-order valence-corrected chi connectivity index (χ2v) is 4.99. The number of rotatable bonds is 4. The summed E-state index contributed by atoms with van der Waals surface area (Å²) in [6.07, 6.45) is 0. The van der Waals surface area contributed by atoms with Crippen molar-refractivity contribution in [3.8, 4) is 5.75 Å². The minimum atomic E-state index is 0.217. The highest BCUT2D eigenvalue weighted by Crippen LogP contribution is 2.20. The van der Waals surface area contributed by atoms with Crippen LogP contribution < -0.4 is 5.43 Å². The Bertz CT molecular complexity index is 836. The Morgan fingerprint density at radius 1 is 1.18 bits per heavy atom. The Labute approximate surface area is 128 Å². The molecule has 0 saturated heterocycles. The Kier molecular flexibility index (Phi) is 3.78. The number of aryl methyl sites for hydroxylation is 1. The molecule has 0 fully saturated rings. The van der Waals surface area contributed by atoms with Crippen LogP contribution >= 0.6 is 0 Å². The standard InChI is InChI=1S/C17H18N4O/c1-3-21-15-10-6-5-9-14(15)18-17(21)20-19-12(2)13-8-4-7-11-16(13)22/h4-11,22H,3H2,1-2H3,(H,18,20)/b19-12+. The molecule has 0 aliphatic rings. The zero-order valence-corrected chi connectivity index (χ0v) is 12.6. The number of hydrazone groups is 1. The van der Waals surface area contributed by atoms with Gasteiger partial charge in [-0.3, -0.25) is 0 Å². The fourth-order valence-corrected chi connectivity index (χ4v) is 2.45. The molecule has 112 valence electrons. The average Bonchev–Trinajstić information content (AvgIpc) is 2.90. The van der Waals surface area contributed by atoms with Crippen LogP contribution in [0, 0.1) is 0 Å². The summed E-state index contributed by atoms with van der Waals surface area (Å²) in [5, 5.41) is 14.2. The van der Waals surface area contributed by atoms with Gasteiger partial charge in [-0.25, -0.2) is 10.4 Å². The Morgan fingerprint density at radius 2 is 1.91 bits per heavy atom. The van der Waals surface area contributed by atoms with E-state index in [0.29, 0.717) is 17.2 Å². The van der Waals surface area contributed by atoms with E-state index in [-0.39, 0.29) is 5.75 Å². The van der Waals surface area contributed by atoms with E-state index in [9.17, 15) is 5.11 Å².